The lowest BCUT2D eigenvalue weighted by atomic mass is 10.0. The first-order chi connectivity index (χ1) is 16.9. The van der Waals surface area contributed by atoms with Crippen LogP contribution in [0, 0.1) is 13.8 Å². The molecule has 35 heavy (non-hydrogen) atoms. The third kappa shape index (κ3) is 5.12. The van der Waals surface area contributed by atoms with Crippen molar-refractivity contribution in [1.82, 2.24) is 5.32 Å². The summed E-state index contributed by atoms with van der Waals surface area (Å²) in [6.45, 7) is 4.48. The van der Waals surface area contributed by atoms with Crippen molar-refractivity contribution in [2.75, 3.05) is 16.8 Å². The van der Waals surface area contributed by atoms with Gasteiger partial charge in [0.2, 0.25) is 0 Å². The number of benzene rings is 3. The van der Waals surface area contributed by atoms with E-state index in [0.717, 1.165) is 35.2 Å². The summed E-state index contributed by atoms with van der Waals surface area (Å²) >= 11 is 6.36. The highest BCUT2D eigenvalue weighted by molar-refractivity contribution is 6.30. The van der Waals surface area contributed by atoms with Crippen LogP contribution >= 0.6 is 11.6 Å². The molecule has 1 atom stereocenters. The van der Waals surface area contributed by atoms with Crippen LogP contribution in [0.4, 0.5) is 11.4 Å². The van der Waals surface area contributed by atoms with E-state index in [-0.39, 0.29) is 17.9 Å². The summed E-state index contributed by atoms with van der Waals surface area (Å²) < 4.78 is 0. The van der Waals surface area contributed by atoms with Gasteiger partial charge in [-0.3, -0.25) is 9.59 Å². The molecular formula is C29H30ClN3O2. The molecule has 5 nitrogen and oxygen atoms in total. The van der Waals surface area contributed by atoms with Crippen molar-refractivity contribution >= 4 is 34.8 Å². The van der Waals surface area contributed by atoms with Gasteiger partial charge >= 0.3 is 0 Å². The quantitative estimate of drug-likeness (QED) is 0.435. The monoisotopic (exact) mass is 487 g/mol. The molecular weight excluding hydrogens is 458 g/mol. The number of amides is 2. The number of hydrogen-bond donors (Lipinski definition) is 2. The van der Waals surface area contributed by atoms with E-state index in [0.29, 0.717) is 34.4 Å². The molecule has 1 heterocycles. The Morgan fingerprint density at radius 2 is 1.71 bits per heavy atom. The third-order valence-corrected chi connectivity index (χ3v) is 7.13. The van der Waals surface area contributed by atoms with Crippen LogP contribution in [0.3, 0.4) is 0 Å². The largest absolute Gasteiger partial charge is 0.322 e. The van der Waals surface area contributed by atoms with Crippen LogP contribution in [0.15, 0.2) is 60.7 Å². The molecule has 1 aliphatic carbocycles. The SMILES string of the molecule is Cc1ccccc1C(=O)Nc1ccc(C(=O)N2CCCC(NC3CC3)c3cc(Cl)ccc32)c(C)c1. The Morgan fingerprint density at radius 1 is 0.914 bits per heavy atom. The number of fused-ring (bicyclic) bond motifs is 1. The van der Waals surface area contributed by atoms with Crippen LogP contribution in [0.5, 0.6) is 0 Å². The average Bonchev–Trinajstić information content (AvgIpc) is 3.67. The van der Waals surface area contributed by atoms with Crippen molar-refractivity contribution in [1.29, 1.82) is 0 Å². The zero-order valence-corrected chi connectivity index (χ0v) is 20.9. The summed E-state index contributed by atoms with van der Waals surface area (Å²) in [4.78, 5) is 28.4. The van der Waals surface area contributed by atoms with Gasteiger partial charge in [-0.25, -0.2) is 0 Å². The molecule has 2 amide bonds. The first kappa shape index (κ1) is 23.6. The number of hydrogen-bond acceptors (Lipinski definition) is 3. The summed E-state index contributed by atoms with van der Waals surface area (Å²) in [6.07, 6.45) is 4.30. The second-order valence-corrected chi connectivity index (χ2v) is 10.0. The molecule has 2 N–H and O–H groups in total. The Kier molecular flexibility index (Phi) is 6.63. The van der Waals surface area contributed by atoms with Crippen molar-refractivity contribution < 1.29 is 9.59 Å². The molecule has 1 fully saturated rings. The van der Waals surface area contributed by atoms with Crippen molar-refractivity contribution in [2.24, 2.45) is 0 Å². The van der Waals surface area contributed by atoms with E-state index < -0.39 is 0 Å². The van der Waals surface area contributed by atoms with E-state index in [9.17, 15) is 9.59 Å². The number of halogens is 1. The highest BCUT2D eigenvalue weighted by Gasteiger charge is 2.31. The van der Waals surface area contributed by atoms with Gasteiger partial charge in [-0.2, -0.15) is 0 Å². The van der Waals surface area contributed by atoms with Gasteiger partial charge in [0.15, 0.2) is 0 Å². The maximum Gasteiger partial charge on any atom is 0.258 e. The number of nitrogens with one attached hydrogen (secondary N) is 2. The van der Waals surface area contributed by atoms with Crippen LogP contribution in [0.2, 0.25) is 5.02 Å². The van der Waals surface area contributed by atoms with Gasteiger partial charge < -0.3 is 15.5 Å². The number of carbonyl (C=O) groups excluding carboxylic acids is 2. The standard InChI is InChI=1S/C29H30ClN3O2/c1-18-6-3-4-7-23(18)28(34)32-22-12-13-24(19(2)16-22)29(35)33-15-5-8-26(31-21-10-11-21)25-17-20(30)9-14-27(25)33/h3-4,6-7,9,12-14,16-17,21,26,31H,5,8,10-11,15H2,1-2H3,(H,32,34). The topological polar surface area (TPSA) is 61.4 Å². The van der Waals surface area contributed by atoms with Crippen molar-refractivity contribution in [3.05, 3.63) is 93.5 Å². The van der Waals surface area contributed by atoms with Gasteiger partial charge in [-0.15, -0.1) is 0 Å². The molecule has 180 valence electrons. The van der Waals surface area contributed by atoms with Gasteiger partial charge in [0.25, 0.3) is 11.8 Å². The summed E-state index contributed by atoms with van der Waals surface area (Å²) in [5.74, 6) is -0.191. The number of carbonyl (C=O) groups is 2. The summed E-state index contributed by atoms with van der Waals surface area (Å²) in [5, 5.41) is 7.38. The molecule has 3 aromatic carbocycles. The predicted octanol–water partition coefficient (Wildman–Crippen LogP) is 6.44. The molecule has 0 aromatic heterocycles. The van der Waals surface area contributed by atoms with Crippen molar-refractivity contribution in [3.63, 3.8) is 0 Å². The van der Waals surface area contributed by atoms with E-state index in [1.165, 1.54) is 12.8 Å². The summed E-state index contributed by atoms with van der Waals surface area (Å²) in [6, 6.07) is 19.6. The van der Waals surface area contributed by atoms with E-state index in [1.807, 2.05) is 73.3 Å². The molecule has 3 aromatic rings. The molecule has 6 heteroatoms. The third-order valence-electron chi connectivity index (χ3n) is 6.89. The maximum atomic E-state index is 13.7. The van der Waals surface area contributed by atoms with E-state index >= 15 is 0 Å². The number of aryl methyl sites for hydroxylation is 2. The Morgan fingerprint density at radius 3 is 2.46 bits per heavy atom. The van der Waals surface area contributed by atoms with E-state index in [4.69, 9.17) is 11.6 Å². The van der Waals surface area contributed by atoms with E-state index in [1.54, 1.807) is 6.07 Å². The van der Waals surface area contributed by atoms with Crippen LogP contribution in [0.25, 0.3) is 0 Å². The number of nitrogens with zero attached hydrogens (tertiary/aromatic N) is 1. The molecule has 1 saturated carbocycles. The molecule has 2 aliphatic rings. The van der Waals surface area contributed by atoms with Gasteiger partial charge in [-0.1, -0.05) is 29.8 Å². The van der Waals surface area contributed by atoms with Crippen LogP contribution in [-0.2, 0) is 0 Å². The zero-order chi connectivity index (χ0) is 24.5. The van der Waals surface area contributed by atoms with Crippen LogP contribution in [0.1, 0.15) is 69.1 Å². The Balaban J connectivity index is 1.39. The highest BCUT2D eigenvalue weighted by Crippen LogP contribution is 2.38. The van der Waals surface area contributed by atoms with Gasteiger partial charge in [0.1, 0.15) is 0 Å². The van der Waals surface area contributed by atoms with E-state index in [2.05, 4.69) is 10.6 Å². The van der Waals surface area contributed by atoms with Gasteiger partial charge in [0, 0.05) is 46.2 Å². The molecule has 0 bridgehead atoms. The van der Waals surface area contributed by atoms with Crippen LogP contribution in [-0.4, -0.2) is 24.4 Å². The second-order valence-electron chi connectivity index (χ2n) is 9.59. The summed E-state index contributed by atoms with van der Waals surface area (Å²) in [7, 11) is 0. The number of anilines is 2. The molecule has 0 radical (unpaired) electrons. The highest BCUT2D eigenvalue weighted by atomic mass is 35.5. The minimum absolute atomic E-state index is 0.0325. The minimum Gasteiger partial charge on any atom is -0.322 e. The first-order valence-corrected chi connectivity index (χ1v) is 12.6. The maximum absolute atomic E-state index is 13.7. The fraction of sp³-hybridized carbons (Fsp3) is 0.310. The fourth-order valence-corrected chi connectivity index (χ4v) is 5.03. The van der Waals surface area contributed by atoms with Gasteiger partial charge in [0.05, 0.1) is 0 Å². The normalized spacial score (nSPS) is 17.5. The second kappa shape index (κ2) is 9.84. The Labute approximate surface area is 211 Å². The zero-order valence-electron chi connectivity index (χ0n) is 20.1. The average molecular weight is 488 g/mol. The molecule has 1 aliphatic heterocycles. The molecule has 5 rings (SSSR count). The Hall–Kier alpha value is -3.15. The predicted molar refractivity (Wildman–Crippen MR) is 142 cm³/mol. The fourth-order valence-electron chi connectivity index (χ4n) is 4.85. The lowest BCUT2D eigenvalue weighted by molar-refractivity contribution is 0.0985. The minimum atomic E-state index is -0.158. The number of rotatable bonds is 5. The lowest BCUT2D eigenvalue weighted by Crippen LogP contribution is -2.32. The molecule has 0 spiro atoms. The first-order valence-electron chi connectivity index (χ1n) is 12.3. The molecule has 0 saturated heterocycles. The van der Waals surface area contributed by atoms with Gasteiger partial charge in [-0.05, 0) is 98.7 Å². The smallest absolute Gasteiger partial charge is 0.258 e. The summed E-state index contributed by atoms with van der Waals surface area (Å²) in [5.41, 5.74) is 5.70. The van der Waals surface area contributed by atoms with Crippen LogP contribution < -0.4 is 15.5 Å². The van der Waals surface area contributed by atoms with Crippen molar-refractivity contribution in [2.45, 2.75) is 51.6 Å². The van der Waals surface area contributed by atoms with Crippen molar-refractivity contribution in [3.8, 4) is 0 Å². The lowest BCUT2D eigenvalue weighted by Gasteiger charge is -2.25. The molecule has 1 unspecified atom stereocenters. The Bertz CT molecular complexity index is 1280.